The highest BCUT2D eigenvalue weighted by atomic mass is 19.1. The molecule has 0 spiro atoms. The maximum absolute atomic E-state index is 12.9. The summed E-state index contributed by atoms with van der Waals surface area (Å²) in [6.07, 6.45) is 3.80. The van der Waals surface area contributed by atoms with E-state index in [9.17, 15) is 4.39 Å². The van der Waals surface area contributed by atoms with Crippen LogP contribution in [-0.4, -0.2) is 0 Å². The minimum absolute atomic E-state index is 0.0886. The predicted molar refractivity (Wildman–Crippen MR) is 44.7 cm³/mol. The van der Waals surface area contributed by atoms with Gasteiger partial charge >= 0.3 is 0 Å². The zero-order chi connectivity index (χ0) is 8.10. The molecule has 0 amide bonds. The van der Waals surface area contributed by atoms with E-state index in [2.05, 4.69) is 0 Å². The normalized spacial score (nSPS) is 10.0. The van der Waals surface area contributed by atoms with Crippen LogP contribution in [0.25, 0.3) is 0 Å². The molecular weight excluding hydrogens is 139 g/mol. The van der Waals surface area contributed by atoms with Gasteiger partial charge in [0.2, 0.25) is 0 Å². The molecule has 0 heterocycles. The van der Waals surface area contributed by atoms with Gasteiger partial charge in [0.15, 0.2) is 0 Å². The van der Waals surface area contributed by atoms with E-state index in [1.54, 1.807) is 6.07 Å². The van der Waals surface area contributed by atoms with E-state index < -0.39 is 0 Å². The highest BCUT2D eigenvalue weighted by Gasteiger charge is 1.97. The molecular formula is C10H12F. The lowest BCUT2D eigenvalue weighted by Crippen LogP contribution is -1.88. The van der Waals surface area contributed by atoms with Crippen LogP contribution in [0.2, 0.25) is 0 Å². The van der Waals surface area contributed by atoms with Crippen LogP contribution in [0.4, 0.5) is 4.39 Å². The lowest BCUT2D eigenvalue weighted by atomic mass is 10.1. The average molecular weight is 151 g/mol. The number of hydrogen-bond donors (Lipinski definition) is 0. The molecule has 0 bridgehead atoms. The molecule has 59 valence electrons. The van der Waals surface area contributed by atoms with E-state index in [0.717, 1.165) is 18.4 Å². The third-order valence-electron chi connectivity index (χ3n) is 1.66. The summed E-state index contributed by atoms with van der Waals surface area (Å²) in [7, 11) is 0. The second-order valence-electron chi connectivity index (χ2n) is 2.54. The van der Waals surface area contributed by atoms with Gasteiger partial charge in [-0.3, -0.25) is 0 Å². The quantitative estimate of drug-likeness (QED) is 0.623. The SMILES string of the molecule is C[CH]CCc1ccccc1F. The van der Waals surface area contributed by atoms with Crippen molar-refractivity contribution in [3.63, 3.8) is 0 Å². The summed E-state index contributed by atoms with van der Waals surface area (Å²) in [4.78, 5) is 0. The Morgan fingerprint density at radius 1 is 1.36 bits per heavy atom. The molecule has 0 saturated heterocycles. The number of halogens is 1. The molecule has 0 aliphatic carbocycles. The van der Waals surface area contributed by atoms with Crippen molar-refractivity contribution in [3.8, 4) is 0 Å². The summed E-state index contributed by atoms with van der Waals surface area (Å²) >= 11 is 0. The fourth-order valence-electron chi connectivity index (χ4n) is 1.00. The van der Waals surface area contributed by atoms with Crippen LogP contribution in [0.5, 0.6) is 0 Å². The van der Waals surface area contributed by atoms with Crippen LogP contribution >= 0.6 is 0 Å². The zero-order valence-corrected chi connectivity index (χ0v) is 6.68. The molecule has 11 heavy (non-hydrogen) atoms. The Morgan fingerprint density at radius 2 is 2.09 bits per heavy atom. The number of hydrogen-bond acceptors (Lipinski definition) is 0. The Bertz CT molecular complexity index is 218. The van der Waals surface area contributed by atoms with Gasteiger partial charge < -0.3 is 0 Å². The third-order valence-corrected chi connectivity index (χ3v) is 1.66. The van der Waals surface area contributed by atoms with Crippen LogP contribution in [0.15, 0.2) is 24.3 Å². The van der Waals surface area contributed by atoms with Gasteiger partial charge in [-0.25, -0.2) is 4.39 Å². The number of benzene rings is 1. The molecule has 0 aliphatic heterocycles. The average Bonchev–Trinajstić information content (AvgIpc) is 2.03. The van der Waals surface area contributed by atoms with Crippen molar-refractivity contribution in [1.29, 1.82) is 0 Å². The molecule has 1 heteroatoms. The maximum Gasteiger partial charge on any atom is 0.126 e. The minimum atomic E-state index is -0.0886. The second-order valence-corrected chi connectivity index (χ2v) is 2.54. The molecule has 0 aliphatic rings. The van der Waals surface area contributed by atoms with Crippen LogP contribution in [0.3, 0.4) is 0 Å². The standard InChI is InChI=1S/C10H12F/c1-2-3-6-9-7-4-5-8-10(9)11/h2,4-5,7-8H,3,6H2,1H3. The molecule has 1 aromatic rings. The second kappa shape index (κ2) is 4.12. The van der Waals surface area contributed by atoms with Crippen molar-refractivity contribution in [3.05, 3.63) is 42.1 Å². The Kier molecular flexibility index (Phi) is 3.09. The number of rotatable bonds is 3. The predicted octanol–water partition coefficient (Wildman–Crippen LogP) is 2.98. The van der Waals surface area contributed by atoms with Crippen molar-refractivity contribution >= 4 is 0 Å². The van der Waals surface area contributed by atoms with Gasteiger partial charge in [-0.05, 0) is 30.9 Å². The van der Waals surface area contributed by atoms with Crippen molar-refractivity contribution in [2.75, 3.05) is 0 Å². The Balaban J connectivity index is 2.62. The molecule has 0 N–H and O–H groups in total. The molecule has 0 unspecified atom stereocenters. The Morgan fingerprint density at radius 3 is 2.73 bits per heavy atom. The molecule has 0 atom stereocenters. The van der Waals surface area contributed by atoms with E-state index in [1.807, 2.05) is 25.5 Å². The van der Waals surface area contributed by atoms with E-state index >= 15 is 0 Å². The largest absolute Gasteiger partial charge is 0.207 e. The summed E-state index contributed by atoms with van der Waals surface area (Å²) in [6, 6.07) is 6.92. The Labute approximate surface area is 67.1 Å². The molecule has 0 aromatic heterocycles. The molecule has 0 nitrogen and oxygen atoms in total. The summed E-state index contributed by atoms with van der Waals surface area (Å²) in [5.74, 6) is -0.0886. The molecule has 0 saturated carbocycles. The van der Waals surface area contributed by atoms with Crippen LogP contribution in [0, 0.1) is 12.2 Å². The summed E-state index contributed by atoms with van der Waals surface area (Å²) < 4.78 is 12.9. The van der Waals surface area contributed by atoms with E-state index in [-0.39, 0.29) is 5.82 Å². The van der Waals surface area contributed by atoms with Gasteiger partial charge in [-0.15, -0.1) is 0 Å². The van der Waals surface area contributed by atoms with Crippen LogP contribution < -0.4 is 0 Å². The van der Waals surface area contributed by atoms with E-state index in [0.29, 0.717) is 0 Å². The first-order chi connectivity index (χ1) is 5.34. The summed E-state index contributed by atoms with van der Waals surface area (Å²) in [6.45, 7) is 1.99. The zero-order valence-electron chi connectivity index (χ0n) is 6.68. The fourth-order valence-corrected chi connectivity index (χ4v) is 1.00. The molecule has 1 rings (SSSR count). The van der Waals surface area contributed by atoms with Gasteiger partial charge in [-0.2, -0.15) is 0 Å². The summed E-state index contributed by atoms with van der Waals surface area (Å²) in [5, 5.41) is 0. The van der Waals surface area contributed by atoms with E-state index in [1.165, 1.54) is 6.07 Å². The van der Waals surface area contributed by atoms with Gasteiger partial charge in [0, 0.05) is 0 Å². The maximum atomic E-state index is 12.9. The molecule has 1 aromatic carbocycles. The van der Waals surface area contributed by atoms with Crippen molar-refractivity contribution in [1.82, 2.24) is 0 Å². The smallest absolute Gasteiger partial charge is 0.126 e. The first-order valence-corrected chi connectivity index (χ1v) is 3.86. The number of unbranched alkanes of at least 4 members (excludes halogenated alkanes) is 1. The van der Waals surface area contributed by atoms with Crippen molar-refractivity contribution < 1.29 is 4.39 Å². The van der Waals surface area contributed by atoms with Crippen LogP contribution in [-0.2, 0) is 6.42 Å². The van der Waals surface area contributed by atoms with Crippen molar-refractivity contribution in [2.45, 2.75) is 19.8 Å². The fraction of sp³-hybridized carbons (Fsp3) is 0.300. The lowest BCUT2D eigenvalue weighted by molar-refractivity contribution is 0.608. The monoisotopic (exact) mass is 151 g/mol. The highest BCUT2D eigenvalue weighted by molar-refractivity contribution is 5.17. The third kappa shape index (κ3) is 2.34. The first kappa shape index (κ1) is 8.25. The minimum Gasteiger partial charge on any atom is -0.207 e. The highest BCUT2D eigenvalue weighted by Crippen LogP contribution is 2.08. The summed E-state index contributed by atoms with van der Waals surface area (Å²) in [5.41, 5.74) is 0.811. The van der Waals surface area contributed by atoms with Gasteiger partial charge in [-0.1, -0.05) is 25.1 Å². The van der Waals surface area contributed by atoms with Gasteiger partial charge in [0.25, 0.3) is 0 Å². The Hall–Kier alpha value is -0.850. The first-order valence-electron chi connectivity index (χ1n) is 3.86. The number of aryl methyl sites for hydroxylation is 1. The van der Waals surface area contributed by atoms with Gasteiger partial charge in [0.1, 0.15) is 5.82 Å². The molecule has 1 radical (unpaired) electrons. The van der Waals surface area contributed by atoms with Gasteiger partial charge in [0.05, 0.1) is 0 Å². The van der Waals surface area contributed by atoms with Crippen molar-refractivity contribution in [2.24, 2.45) is 0 Å². The lowest BCUT2D eigenvalue weighted by Gasteiger charge is -1.99. The van der Waals surface area contributed by atoms with E-state index in [4.69, 9.17) is 0 Å². The molecule has 0 fully saturated rings. The topological polar surface area (TPSA) is 0 Å². The van der Waals surface area contributed by atoms with Crippen LogP contribution in [0.1, 0.15) is 18.9 Å².